The number of ether oxygens (including phenoxy) is 4. The number of allylic oxidation sites excluding steroid dienone is 4. The van der Waals surface area contributed by atoms with E-state index in [2.05, 4.69) is 10.6 Å². The Labute approximate surface area is 286 Å². The minimum atomic E-state index is -1.03. The lowest BCUT2D eigenvalue weighted by atomic mass is 9.85. The van der Waals surface area contributed by atoms with Crippen molar-refractivity contribution >= 4 is 35.3 Å². The first-order valence-electron chi connectivity index (χ1n) is 16.1. The van der Waals surface area contributed by atoms with Crippen molar-refractivity contribution < 1.29 is 52.8 Å². The average molecular weight is 688 g/mol. The summed E-state index contributed by atoms with van der Waals surface area (Å²) in [6.07, 6.45) is 3.13. The van der Waals surface area contributed by atoms with Gasteiger partial charge in [-0.2, -0.15) is 0 Å². The van der Waals surface area contributed by atoms with Gasteiger partial charge in [0.25, 0.3) is 5.91 Å². The quantitative estimate of drug-likeness (QED) is 0.113. The molecule has 1 aliphatic heterocycles. The third-order valence-corrected chi connectivity index (χ3v) is 8.14. The Balaban J connectivity index is 2.50. The van der Waals surface area contributed by atoms with Crippen molar-refractivity contribution in [2.24, 2.45) is 17.6 Å². The average Bonchev–Trinajstić information content (AvgIpc) is 3.04. The Morgan fingerprint density at radius 2 is 1.78 bits per heavy atom. The summed E-state index contributed by atoms with van der Waals surface area (Å²) in [7, 11) is 2.86. The summed E-state index contributed by atoms with van der Waals surface area (Å²) in [5, 5.41) is 16.8. The fourth-order valence-corrected chi connectivity index (χ4v) is 5.47. The molecule has 49 heavy (non-hydrogen) atoms. The predicted octanol–water partition coefficient (Wildman–Crippen LogP) is 2.26. The van der Waals surface area contributed by atoms with E-state index < -0.39 is 59.9 Å². The lowest BCUT2D eigenvalue weighted by molar-refractivity contribution is -0.144. The number of ketones is 3. The third-order valence-electron chi connectivity index (χ3n) is 8.14. The van der Waals surface area contributed by atoms with Gasteiger partial charge in [0.05, 0.1) is 30.0 Å². The summed E-state index contributed by atoms with van der Waals surface area (Å²) in [4.78, 5) is 75.1. The summed E-state index contributed by atoms with van der Waals surface area (Å²) in [5.74, 6) is -3.29. The van der Waals surface area contributed by atoms with Crippen LogP contribution >= 0.6 is 0 Å². The van der Waals surface area contributed by atoms with Crippen LogP contribution in [0.4, 0.5) is 4.79 Å². The molecule has 6 atom stereocenters. The Morgan fingerprint density at radius 1 is 1.08 bits per heavy atom. The fourth-order valence-electron chi connectivity index (χ4n) is 5.47. The minimum Gasteiger partial charge on any atom is -0.464 e. The summed E-state index contributed by atoms with van der Waals surface area (Å²) in [6.45, 7) is 8.09. The molecule has 0 radical (unpaired) electrons. The van der Waals surface area contributed by atoms with Crippen LogP contribution in [0.2, 0.25) is 0 Å². The number of amides is 2. The second-order valence-corrected chi connectivity index (χ2v) is 12.3. The molecular weight excluding hydrogens is 638 g/mol. The zero-order valence-electron chi connectivity index (χ0n) is 29.2. The third kappa shape index (κ3) is 12.5. The molecule has 0 fully saturated rings. The zero-order valence-corrected chi connectivity index (χ0v) is 29.2. The highest BCUT2D eigenvalue weighted by Gasteiger charge is 2.33. The minimum absolute atomic E-state index is 0.00302. The topological polar surface area (TPSA) is 210 Å². The maximum atomic E-state index is 13.8. The summed E-state index contributed by atoms with van der Waals surface area (Å²) >= 11 is 0. The van der Waals surface area contributed by atoms with Crippen LogP contribution in [0.3, 0.4) is 0 Å². The number of aliphatic hydroxyl groups is 1. The number of aliphatic hydroxyl groups excluding tert-OH is 1. The van der Waals surface area contributed by atoms with Crippen molar-refractivity contribution in [3.05, 3.63) is 58.5 Å². The molecule has 2 rings (SSSR count). The second-order valence-electron chi connectivity index (χ2n) is 12.3. The van der Waals surface area contributed by atoms with Gasteiger partial charge in [-0.15, -0.1) is 0 Å². The maximum absolute atomic E-state index is 13.8. The highest BCUT2D eigenvalue weighted by molar-refractivity contribution is 6.23. The van der Waals surface area contributed by atoms with E-state index in [0.717, 1.165) is 6.08 Å². The second kappa shape index (κ2) is 19.6. The van der Waals surface area contributed by atoms with Gasteiger partial charge in [-0.25, -0.2) is 4.79 Å². The van der Waals surface area contributed by atoms with E-state index in [-0.39, 0.29) is 73.1 Å². The number of esters is 1. The van der Waals surface area contributed by atoms with E-state index in [0.29, 0.717) is 5.57 Å². The van der Waals surface area contributed by atoms with Gasteiger partial charge >= 0.3 is 12.1 Å². The number of methoxy groups -OCH3 is 2. The van der Waals surface area contributed by atoms with Gasteiger partial charge in [0.2, 0.25) is 11.6 Å². The maximum Gasteiger partial charge on any atom is 0.405 e. The molecule has 0 saturated carbocycles. The molecule has 0 spiro atoms. The van der Waals surface area contributed by atoms with Crippen LogP contribution in [0, 0.1) is 11.8 Å². The molecular formula is C35H49N3O11. The zero-order chi connectivity index (χ0) is 36.8. The number of Topliss-reactive ketones (excluding diaryl/α,β-unsaturated/α-hetero) is 2. The molecule has 2 amide bonds. The van der Waals surface area contributed by atoms with E-state index in [1.54, 1.807) is 26.0 Å². The first-order chi connectivity index (χ1) is 23.1. The predicted molar refractivity (Wildman–Crippen MR) is 178 cm³/mol. The highest BCUT2D eigenvalue weighted by Crippen LogP contribution is 2.29. The fraction of sp³-hybridized carbons (Fsp3) is 0.543. The van der Waals surface area contributed by atoms with Crippen molar-refractivity contribution in [2.45, 2.75) is 84.7 Å². The van der Waals surface area contributed by atoms with Gasteiger partial charge in [0.1, 0.15) is 18.5 Å². The number of primary amides is 1. The number of carbonyl (C=O) groups is 6. The van der Waals surface area contributed by atoms with E-state index in [9.17, 15) is 33.9 Å². The summed E-state index contributed by atoms with van der Waals surface area (Å²) in [6, 6.07) is 0. The van der Waals surface area contributed by atoms with Crippen LogP contribution < -0.4 is 16.4 Å². The number of carbonyl (C=O) groups excluding carboxylic acids is 6. The number of nitrogens with two attached hydrogens (primary N) is 1. The molecule has 14 nitrogen and oxygen atoms in total. The van der Waals surface area contributed by atoms with Crippen molar-refractivity contribution in [3.63, 3.8) is 0 Å². The van der Waals surface area contributed by atoms with Crippen molar-refractivity contribution in [1.29, 1.82) is 0 Å². The molecule has 2 bridgehead atoms. The molecule has 5 N–H and O–H groups in total. The lowest BCUT2D eigenvalue weighted by Gasteiger charge is -2.30. The van der Waals surface area contributed by atoms with Gasteiger partial charge in [0, 0.05) is 50.3 Å². The monoisotopic (exact) mass is 687 g/mol. The first-order valence-corrected chi connectivity index (χ1v) is 16.1. The largest absolute Gasteiger partial charge is 0.464 e. The number of rotatable bonds is 10. The molecule has 14 heteroatoms. The number of nitrogens with one attached hydrogen (secondary N) is 2. The van der Waals surface area contributed by atoms with Crippen LogP contribution in [-0.2, 0) is 42.9 Å². The Bertz CT molecular complexity index is 1430. The first kappa shape index (κ1) is 40.8. The summed E-state index contributed by atoms with van der Waals surface area (Å²) in [5.41, 5.74) is 6.00. The lowest BCUT2D eigenvalue weighted by Crippen LogP contribution is -2.38. The SMILES string of the molecule is COC1/C=C\C=C(/C)C(=O)NC2=CC(=O)C(NCCOC(=O)CCC(C)=O)=C(CC(C)CC(OC)C(O)C(C)/C=C(\C)C1OC(N)=O)C2=O. The van der Waals surface area contributed by atoms with Crippen LogP contribution in [0.1, 0.15) is 60.3 Å². The van der Waals surface area contributed by atoms with Crippen LogP contribution in [-0.4, -0.2) is 92.2 Å². The standard InChI is InChI=1S/C35H49N3O11/c1-19-15-24-30(37-13-14-48-29(41)12-11-23(5)39)26(40)18-25(32(24)43)38-34(44)20(2)9-8-10-27(46-6)33(49-35(36)45)22(4)17-21(3)31(42)28(16-19)47-7/h8-10,17-19,21,27-28,31,33,37,42H,11-16H2,1-7H3,(H2,36,45)(H,38,44)/b10-8-,20-9+,22-17+. The van der Waals surface area contributed by atoms with E-state index in [4.69, 9.17) is 24.7 Å². The number of hydrogen-bond donors (Lipinski definition) is 4. The van der Waals surface area contributed by atoms with Crippen LogP contribution in [0.15, 0.2) is 58.5 Å². The molecule has 270 valence electrons. The van der Waals surface area contributed by atoms with Crippen molar-refractivity contribution in [2.75, 3.05) is 27.4 Å². The van der Waals surface area contributed by atoms with Gasteiger partial charge in [-0.05, 0) is 45.1 Å². The Hall–Kier alpha value is -4.40. The highest BCUT2D eigenvalue weighted by atomic mass is 16.6. The smallest absolute Gasteiger partial charge is 0.405 e. The van der Waals surface area contributed by atoms with E-state index in [1.807, 2.05) is 6.92 Å². The van der Waals surface area contributed by atoms with Gasteiger partial charge in [-0.1, -0.05) is 38.2 Å². The summed E-state index contributed by atoms with van der Waals surface area (Å²) < 4.78 is 21.7. The molecule has 1 aliphatic carbocycles. The Kier molecular flexibility index (Phi) is 16.3. The van der Waals surface area contributed by atoms with E-state index >= 15 is 0 Å². The van der Waals surface area contributed by atoms with Crippen LogP contribution in [0.5, 0.6) is 0 Å². The van der Waals surface area contributed by atoms with Crippen molar-refractivity contribution in [3.8, 4) is 0 Å². The molecule has 2 aliphatic rings. The van der Waals surface area contributed by atoms with Gasteiger partial charge in [0.15, 0.2) is 6.10 Å². The molecule has 0 aromatic heterocycles. The molecule has 6 unspecified atom stereocenters. The molecule has 0 saturated heterocycles. The number of hydrogen-bond acceptors (Lipinski definition) is 12. The van der Waals surface area contributed by atoms with Gasteiger partial charge < -0.3 is 45.2 Å². The Morgan fingerprint density at radius 3 is 2.39 bits per heavy atom. The van der Waals surface area contributed by atoms with Crippen LogP contribution in [0.25, 0.3) is 0 Å². The van der Waals surface area contributed by atoms with Crippen molar-refractivity contribution in [1.82, 2.24) is 10.6 Å². The van der Waals surface area contributed by atoms with E-state index in [1.165, 1.54) is 40.2 Å². The molecule has 0 aromatic rings. The number of fused-ring (bicyclic) bond motifs is 2. The molecule has 1 heterocycles. The molecule has 0 aromatic carbocycles. The normalized spacial score (nSPS) is 28.7. The van der Waals surface area contributed by atoms with Gasteiger partial charge in [-0.3, -0.25) is 19.2 Å².